The zero-order chi connectivity index (χ0) is 11.8. The van der Waals surface area contributed by atoms with Crippen LogP contribution >= 0.6 is 0 Å². The summed E-state index contributed by atoms with van der Waals surface area (Å²) in [6.07, 6.45) is 3.63. The number of amides is 1. The van der Waals surface area contributed by atoms with Crippen molar-refractivity contribution < 1.29 is 4.79 Å². The number of rotatable bonds is 2. The van der Waals surface area contributed by atoms with Crippen LogP contribution in [0, 0.1) is 17.3 Å². The number of nitrogens with one attached hydrogen (secondary N) is 2. The van der Waals surface area contributed by atoms with Gasteiger partial charge in [-0.3, -0.25) is 4.79 Å². The molecule has 1 unspecified atom stereocenters. The fraction of sp³-hybridized carbons (Fsp3) is 0.923. The van der Waals surface area contributed by atoms with Gasteiger partial charge >= 0.3 is 0 Å². The van der Waals surface area contributed by atoms with Crippen LogP contribution in [0.25, 0.3) is 0 Å². The van der Waals surface area contributed by atoms with Crippen LogP contribution < -0.4 is 10.6 Å². The Kier molecular flexibility index (Phi) is 3.24. The average Bonchev–Trinajstić information content (AvgIpc) is 2.74. The highest BCUT2D eigenvalue weighted by Gasteiger charge is 2.38. The predicted octanol–water partition coefficient (Wildman–Crippen LogP) is 1.54. The molecule has 3 nitrogen and oxygen atoms in total. The van der Waals surface area contributed by atoms with Gasteiger partial charge < -0.3 is 10.6 Å². The van der Waals surface area contributed by atoms with Gasteiger partial charge in [0.05, 0.1) is 5.92 Å². The fourth-order valence-corrected chi connectivity index (χ4v) is 3.03. The summed E-state index contributed by atoms with van der Waals surface area (Å²) in [4.78, 5) is 12.1. The molecule has 1 amide bonds. The first-order chi connectivity index (χ1) is 7.50. The van der Waals surface area contributed by atoms with E-state index in [2.05, 4.69) is 31.4 Å². The van der Waals surface area contributed by atoms with Crippen molar-refractivity contribution in [1.82, 2.24) is 10.6 Å². The molecule has 3 heteroatoms. The van der Waals surface area contributed by atoms with Crippen LogP contribution in [-0.2, 0) is 4.79 Å². The topological polar surface area (TPSA) is 41.1 Å². The molecule has 1 heterocycles. The molecule has 0 aromatic rings. The molecule has 1 saturated heterocycles. The van der Waals surface area contributed by atoms with Gasteiger partial charge in [-0.1, -0.05) is 27.2 Å². The normalized spacial score (nSPS) is 37.6. The maximum absolute atomic E-state index is 12.1. The van der Waals surface area contributed by atoms with E-state index < -0.39 is 0 Å². The van der Waals surface area contributed by atoms with Gasteiger partial charge in [-0.15, -0.1) is 0 Å². The van der Waals surface area contributed by atoms with Gasteiger partial charge in [0, 0.05) is 12.6 Å². The third-order valence-corrected chi connectivity index (χ3v) is 4.43. The van der Waals surface area contributed by atoms with Gasteiger partial charge in [0.15, 0.2) is 0 Å². The van der Waals surface area contributed by atoms with Crippen LogP contribution in [0.1, 0.15) is 40.0 Å². The largest absolute Gasteiger partial charge is 0.353 e. The van der Waals surface area contributed by atoms with Gasteiger partial charge in [0.2, 0.25) is 5.91 Å². The lowest BCUT2D eigenvalue weighted by Crippen LogP contribution is -2.45. The Morgan fingerprint density at radius 2 is 2.12 bits per heavy atom. The maximum atomic E-state index is 12.1. The molecule has 0 spiro atoms. The number of hydrogen-bond acceptors (Lipinski definition) is 2. The first-order valence-electron chi connectivity index (χ1n) is 6.52. The molecule has 0 radical (unpaired) electrons. The minimum atomic E-state index is 0.177. The average molecular weight is 224 g/mol. The van der Waals surface area contributed by atoms with Crippen molar-refractivity contribution >= 4 is 5.91 Å². The van der Waals surface area contributed by atoms with Crippen molar-refractivity contribution in [3.05, 3.63) is 0 Å². The summed E-state index contributed by atoms with van der Waals surface area (Å²) in [5, 5.41) is 6.55. The standard InChI is InChI=1S/C13H24N2O/c1-9-7-14-8-10(9)12(16)15-11-5-4-6-13(11,2)3/h9-11,14H,4-8H2,1-3H3,(H,15,16)/t9-,10-,11?/m1/s1. The zero-order valence-electron chi connectivity index (χ0n) is 10.7. The second-order valence-electron chi connectivity index (χ2n) is 6.18. The van der Waals surface area contributed by atoms with Gasteiger partial charge in [-0.25, -0.2) is 0 Å². The lowest BCUT2D eigenvalue weighted by Gasteiger charge is -2.29. The van der Waals surface area contributed by atoms with E-state index in [1.54, 1.807) is 0 Å². The third kappa shape index (κ3) is 2.24. The molecule has 0 aromatic heterocycles. The highest BCUT2D eigenvalue weighted by molar-refractivity contribution is 5.80. The highest BCUT2D eigenvalue weighted by Crippen LogP contribution is 2.37. The molecule has 2 aliphatic rings. The van der Waals surface area contributed by atoms with E-state index in [-0.39, 0.29) is 17.2 Å². The molecule has 92 valence electrons. The van der Waals surface area contributed by atoms with Crippen molar-refractivity contribution in [3.63, 3.8) is 0 Å². The number of carbonyl (C=O) groups is 1. The third-order valence-electron chi connectivity index (χ3n) is 4.43. The van der Waals surface area contributed by atoms with Crippen LogP contribution in [0.15, 0.2) is 0 Å². The smallest absolute Gasteiger partial charge is 0.224 e. The molecule has 1 aliphatic carbocycles. The fourth-order valence-electron chi connectivity index (χ4n) is 3.03. The quantitative estimate of drug-likeness (QED) is 0.747. The van der Waals surface area contributed by atoms with Crippen LogP contribution in [0.2, 0.25) is 0 Å². The number of hydrogen-bond donors (Lipinski definition) is 2. The summed E-state index contributed by atoms with van der Waals surface area (Å²) in [7, 11) is 0. The lowest BCUT2D eigenvalue weighted by atomic mass is 9.86. The molecular weight excluding hydrogens is 200 g/mol. The van der Waals surface area contributed by atoms with E-state index in [0.29, 0.717) is 12.0 Å². The molecule has 2 rings (SSSR count). The first kappa shape index (κ1) is 11.9. The van der Waals surface area contributed by atoms with Crippen molar-refractivity contribution in [2.45, 2.75) is 46.1 Å². The van der Waals surface area contributed by atoms with Crippen LogP contribution in [0.3, 0.4) is 0 Å². The Balaban J connectivity index is 1.92. The SMILES string of the molecule is C[C@@H]1CNC[C@H]1C(=O)NC1CCCC1(C)C. The summed E-state index contributed by atoms with van der Waals surface area (Å²) in [6, 6.07) is 0.382. The Hall–Kier alpha value is -0.570. The monoisotopic (exact) mass is 224 g/mol. The van der Waals surface area contributed by atoms with E-state index in [9.17, 15) is 4.79 Å². The van der Waals surface area contributed by atoms with Gasteiger partial charge in [0.25, 0.3) is 0 Å². The highest BCUT2D eigenvalue weighted by atomic mass is 16.2. The van der Waals surface area contributed by atoms with Gasteiger partial charge in [-0.2, -0.15) is 0 Å². The van der Waals surface area contributed by atoms with E-state index in [4.69, 9.17) is 0 Å². The van der Waals surface area contributed by atoms with Gasteiger partial charge in [-0.05, 0) is 30.7 Å². The van der Waals surface area contributed by atoms with Crippen molar-refractivity contribution in [3.8, 4) is 0 Å². The number of carbonyl (C=O) groups excluding carboxylic acids is 1. The Morgan fingerprint density at radius 3 is 2.62 bits per heavy atom. The van der Waals surface area contributed by atoms with Gasteiger partial charge in [0.1, 0.15) is 0 Å². The molecular formula is C13H24N2O. The maximum Gasteiger partial charge on any atom is 0.224 e. The Morgan fingerprint density at radius 1 is 1.38 bits per heavy atom. The van der Waals surface area contributed by atoms with E-state index in [1.165, 1.54) is 12.8 Å². The van der Waals surface area contributed by atoms with Crippen molar-refractivity contribution in [1.29, 1.82) is 0 Å². The van der Waals surface area contributed by atoms with Crippen molar-refractivity contribution in [2.75, 3.05) is 13.1 Å². The van der Waals surface area contributed by atoms with Crippen molar-refractivity contribution in [2.24, 2.45) is 17.3 Å². The molecule has 16 heavy (non-hydrogen) atoms. The summed E-state index contributed by atoms with van der Waals surface area (Å²) >= 11 is 0. The Labute approximate surface area is 98.4 Å². The second kappa shape index (κ2) is 4.36. The minimum Gasteiger partial charge on any atom is -0.353 e. The first-order valence-corrected chi connectivity index (χ1v) is 6.52. The van der Waals surface area contributed by atoms with Crippen LogP contribution in [0.5, 0.6) is 0 Å². The lowest BCUT2D eigenvalue weighted by molar-refractivity contribution is -0.126. The molecule has 3 atom stereocenters. The molecule has 0 bridgehead atoms. The minimum absolute atomic E-state index is 0.177. The summed E-state index contributed by atoms with van der Waals surface area (Å²) in [6.45, 7) is 8.51. The molecule has 0 aromatic carbocycles. The molecule has 1 saturated carbocycles. The zero-order valence-corrected chi connectivity index (χ0v) is 10.7. The summed E-state index contributed by atoms with van der Waals surface area (Å²) in [5.74, 6) is 0.915. The van der Waals surface area contributed by atoms with E-state index >= 15 is 0 Å². The predicted molar refractivity (Wildman–Crippen MR) is 65.1 cm³/mol. The second-order valence-corrected chi connectivity index (χ2v) is 6.18. The van der Waals surface area contributed by atoms with Crippen LogP contribution in [-0.4, -0.2) is 25.0 Å². The Bertz CT molecular complexity index is 275. The summed E-state index contributed by atoms with van der Waals surface area (Å²) in [5.41, 5.74) is 0.283. The van der Waals surface area contributed by atoms with E-state index in [0.717, 1.165) is 19.5 Å². The molecule has 1 aliphatic heterocycles. The van der Waals surface area contributed by atoms with Crippen LogP contribution in [0.4, 0.5) is 0 Å². The molecule has 2 N–H and O–H groups in total. The van der Waals surface area contributed by atoms with E-state index in [1.807, 2.05) is 0 Å². The molecule has 2 fully saturated rings. The summed E-state index contributed by atoms with van der Waals surface area (Å²) < 4.78 is 0.